The van der Waals surface area contributed by atoms with Gasteiger partial charge in [0.1, 0.15) is 5.82 Å². The number of anilines is 1. The first-order chi connectivity index (χ1) is 9.10. The Morgan fingerprint density at radius 1 is 1.58 bits per heavy atom. The highest BCUT2D eigenvalue weighted by Crippen LogP contribution is 2.23. The van der Waals surface area contributed by atoms with Gasteiger partial charge in [0.25, 0.3) is 0 Å². The number of aliphatic hydroxyl groups is 1. The predicted molar refractivity (Wildman–Crippen MR) is 74.3 cm³/mol. The molecule has 1 aromatic rings. The van der Waals surface area contributed by atoms with E-state index in [-0.39, 0.29) is 12.1 Å². The Labute approximate surface area is 117 Å². The molecule has 0 radical (unpaired) electrons. The van der Waals surface area contributed by atoms with Crippen LogP contribution >= 0.6 is 11.5 Å². The van der Waals surface area contributed by atoms with Crippen LogP contribution in [-0.4, -0.2) is 44.6 Å². The molecule has 2 N–H and O–H groups in total. The Hall–Kier alpha value is -1.21. The molecule has 2 amide bonds. The zero-order valence-corrected chi connectivity index (χ0v) is 12.1. The van der Waals surface area contributed by atoms with Crippen molar-refractivity contribution >= 4 is 22.7 Å². The maximum absolute atomic E-state index is 12.0. The lowest BCUT2D eigenvalue weighted by Gasteiger charge is -2.33. The number of piperidine rings is 1. The molecule has 6 nitrogen and oxygen atoms in total. The molecule has 0 saturated carbocycles. The first-order valence-electron chi connectivity index (χ1n) is 6.64. The molecule has 7 heteroatoms. The van der Waals surface area contributed by atoms with Gasteiger partial charge in [0.2, 0.25) is 5.13 Å². The molecule has 106 valence electrons. The van der Waals surface area contributed by atoms with Gasteiger partial charge in [-0.05, 0) is 32.1 Å². The summed E-state index contributed by atoms with van der Waals surface area (Å²) in [5.74, 6) is 0.989. The molecule has 19 heavy (non-hydrogen) atoms. The van der Waals surface area contributed by atoms with Gasteiger partial charge in [-0.2, -0.15) is 4.37 Å². The summed E-state index contributed by atoms with van der Waals surface area (Å²) in [5, 5.41) is 13.1. The summed E-state index contributed by atoms with van der Waals surface area (Å²) in [6.45, 7) is 5.15. The van der Waals surface area contributed by atoms with Crippen molar-refractivity contribution in [1.29, 1.82) is 0 Å². The van der Waals surface area contributed by atoms with Crippen molar-refractivity contribution in [3.05, 3.63) is 5.82 Å². The molecule has 1 aliphatic rings. The topological polar surface area (TPSA) is 78.4 Å². The maximum atomic E-state index is 12.0. The number of hydrogen-bond acceptors (Lipinski definition) is 5. The van der Waals surface area contributed by atoms with E-state index in [0.717, 1.165) is 19.3 Å². The second kappa shape index (κ2) is 6.29. The van der Waals surface area contributed by atoms with E-state index < -0.39 is 0 Å². The number of aliphatic hydroxyl groups excluding tert-OH is 1. The van der Waals surface area contributed by atoms with Gasteiger partial charge in [0, 0.05) is 24.6 Å². The highest BCUT2D eigenvalue weighted by molar-refractivity contribution is 7.09. The highest BCUT2D eigenvalue weighted by Gasteiger charge is 2.26. The number of carbonyl (C=O) groups is 1. The highest BCUT2D eigenvalue weighted by atomic mass is 32.1. The molecule has 1 atom stereocenters. The summed E-state index contributed by atoms with van der Waals surface area (Å²) in [6, 6.07) is -0.124. The molecule has 1 aliphatic heterocycles. The Bertz CT molecular complexity index is 429. The standard InChI is InChI=1S/C12H20N4O2S/c1-3-10(17)9-4-6-16(7-5-9)12(18)14-11-13-8(2)15-19-11/h9-10,17H,3-7H2,1-2H3,(H,13,14,15,18). The molecule has 0 spiro atoms. The van der Waals surface area contributed by atoms with Gasteiger partial charge in [-0.3, -0.25) is 5.32 Å². The average Bonchev–Trinajstić information content (AvgIpc) is 2.83. The van der Waals surface area contributed by atoms with Gasteiger partial charge < -0.3 is 10.0 Å². The molecule has 1 fully saturated rings. The van der Waals surface area contributed by atoms with Crippen molar-refractivity contribution in [2.75, 3.05) is 18.4 Å². The lowest BCUT2D eigenvalue weighted by atomic mass is 9.90. The molecule has 0 bridgehead atoms. The summed E-state index contributed by atoms with van der Waals surface area (Å²) in [4.78, 5) is 17.9. The van der Waals surface area contributed by atoms with Crippen LogP contribution < -0.4 is 5.32 Å². The van der Waals surface area contributed by atoms with Crippen molar-refractivity contribution in [2.24, 2.45) is 5.92 Å². The molecule has 0 aromatic carbocycles. The van der Waals surface area contributed by atoms with Gasteiger partial charge in [-0.25, -0.2) is 9.78 Å². The zero-order valence-electron chi connectivity index (χ0n) is 11.3. The number of carbonyl (C=O) groups excluding carboxylic acids is 1. The van der Waals surface area contributed by atoms with Gasteiger partial charge in [-0.1, -0.05) is 6.92 Å². The van der Waals surface area contributed by atoms with Crippen molar-refractivity contribution in [1.82, 2.24) is 14.3 Å². The normalized spacial score (nSPS) is 18.4. The Balaban J connectivity index is 1.82. The number of amides is 2. The number of hydrogen-bond donors (Lipinski definition) is 2. The van der Waals surface area contributed by atoms with Crippen LogP contribution in [-0.2, 0) is 0 Å². The smallest absolute Gasteiger partial charge is 0.323 e. The first kappa shape index (κ1) is 14.2. The summed E-state index contributed by atoms with van der Waals surface area (Å²) in [6.07, 6.45) is 2.26. The van der Waals surface area contributed by atoms with Crippen molar-refractivity contribution in [3.8, 4) is 0 Å². The summed E-state index contributed by atoms with van der Waals surface area (Å²) < 4.78 is 4.03. The fourth-order valence-electron chi connectivity index (χ4n) is 2.34. The molecular formula is C12H20N4O2S. The largest absolute Gasteiger partial charge is 0.393 e. The Kier molecular flexibility index (Phi) is 4.71. The maximum Gasteiger partial charge on any atom is 0.323 e. The van der Waals surface area contributed by atoms with Gasteiger partial charge in [-0.15, -0.1) is 0 Å². The van der Waals surface area contributed by atoms with Gasteiger partial charge >= 0.3 is 6.03 Å². The average molecular weight is 284 g/mol. The van der Waals surface area contributed by atoms with E-state index in [0.29, 0.717) is 30.0 Å². The number of rotatable bonds is 3. The predicted octanol–water partition coefficient (Wildman–Crippen LogP) is 1.86. The van der Waals surface area contributed by atoms with Crippen LogP contribution in [0.3, 0.4) is 0 Å². The van der Waals surface area contributed by atoms with Crippen molar-refractivity contribution < 1.29 is 9.90 Å². The molecule has 0 aliphatic carbocycles. The number of nitrogens with zero attached hydrogens (tertiary/aromatic N) is 3. The summed E-state index contributed by atoms with van der Waals surface area (Å²) >= 11 is 1.19. The van der Waals surface area contributed by atoms with Crippen LogP contribution in [0, 0.1) is 12.8 Å². The van der Waals surface area contributed by atoms with E-state index in [1.807, 2.05) is 6.92 Å². The second-order valence-electron chi connectivity index (χ2n) is 4.88. The number of likely N-dealkylation sites (tertiary alicyclic amines) is 1. The second-order valence-corrected chi connectivity index (χ2v) is 5.63. The quantitative estimate of drug-likeness (QED) is 0.888. The van der Waals surface area contributed by atoms with Crippen LogP contribution in [0.15, 0.2) is 0 Å². The van der Waals surface area contributed by atoms with Crippen molar-refractivity contribution in [3.63, 3.8) is 0 Å². The van der Waals surface area contributed by atoms with Crippen LogP contribution in [0.25, 0.3) is 0 Å². The lowest BCUT2D eigenvalue weighted by molar-refractivity contribution is 0.0660. The molecule has 1 unspecified atom stereocenters. The Morgan fingerprint density at radius 3 is 2.79 bits per heavy atom. The molecule has 1 aromatic heterocycles. The minimum atomic E-state index is -0.240. The third-order valence-electron chi connectivity index (χ3n) is 3.53. The van der Waals surface area contributed by atoms with Crippen LogP contribution in [0.5, 0.6) is 0 Å². The summed E-state index contributed by atoms with van der Waals surface area (Å²) in [5.41, 5.74) is 0. The molecule has 2 heterocycles. The number of nitrogens with one attached hydrogen (secondary N) is 1. The van der Waals surface area contributed by atoms with Crippen molar-refractivity contribution in [2.45, 2.75) is 39.2 Å². The minimum Gasteiger partial charge on any atom is -0.393 e. The molecular weight excluding hydrogens is 264 g/mol. The molecule has 2 rings (SSSR count). The van der Waals surface area contributed by atoms with E-state index in [9.17, 15) is 9.90 Å². The third kappa shape index (κ3) is 3.63. The molecule has 1 saturated heterocycles. The summed E-state index contributed by atoms with van der Waals surface area (Å²) in [7, 11) is 0. The van der Waals surface area contributed by atoms with E-state index in [1.54, 1.807) is 11.8 Å². The minimum absolute atomic E-state index is 0.124. The Morgan fingerprint density at radius 2 is 2.26 bits per heavy atom. The lowest BCUT2D eigenvalue weighted by Crippen LogP contribution is -2.43. The van der Waals surface area contributed by atoms with Crippen LogP contribution in [0.1, 0.15) is 32.0 Å². The van der Waals surface area contributed by atoms with E-state index in [4.69, 9.17) is 0 Å². The van der Waals surface area contributed by atoms with Gasteiger partial charge in [0.05, 0.1) is 6.10 Å². The fourth-order valence-corrected chi connectivity index (χ4v) is 2.90. The monoisotopic (exact) mass is 284 g/mol. The van der Waals surface area contributed by atoms with E-state index >= 15 is 0 Å². The first-order valence-corrected chi connectivity index (χ1v) is 7.41. The number of aromatic nitrogens is 2. The van der Waals surface area contributed by atoms with E-state index in [1.165, 1.54) is 11.5 Å². The number of aryl methyl sites for hydroxylation is 1. The third-order valence-corrected chi connectivity index (χ3v) is 4.25. The van der Waals surface area contributed by atoms with Crippen LogP contribution in [0.2, 0.25) is 0 Å². The van der Waals surface area contributed by atoms with Crippen LogP contribution in [0.4, 0.5) is 9.93 Å². The van der Waals surface area contributed by atoms with Gasteiger partial charge in [0.15, 0.2) is 0 Å². The fraction of sp³-hybridized carbons (Fsp3) is 0.750. The van der Waals surface area contributed by atoms with E-state index in [2.05, 4.69) is 14.7 Å². The zero-order chi connectivity index (χ0) is 13.8. The number of urea groups is 1. The SMILES string of the molecule is CCC(O)C1CCN(C(=O)Nc2nc(C)ns2)CC1.